The van der Waals surface area contributed by atoms with Gasteiger partial charge in [-0.3, -0.25) is 9.78 Å². The number of H-pyrrole nitrogens is 1. The molecule has 2 heterocycles. The van der Waals surface area contributed by atoms with Gasteiger partial charge in [0.25, 0.3) is 5.91 Å². The third kappa shape index (κ3) is 6.26. The minimum atomic E-state index is -0.122. The van der Waals surface area contributed by atoms with Crippen LogP contribution in [0.25, 0.3) is 10.9 Å². The highest BCUT2D eigenvalue weighted by atomic mass is 16.1. The number of hydrogen-bond donors (Lipinski definition) is 2. The number of anilines is 3. The van der Waals surface area contributed by atoms with Gasteiger partial charge in [0.2, 0.25) is 0 Å². The number of rotatable bonds is 11. The average Bonchev–Trinajstić information content (AvgIpc) is 3.49. The zero-order valence-corrected chi connectivity index (χ0v) is 22.5. The Morgan fingerprint density at radius 1 is 0.846 bits per heavy atom. The Balaban J connectivity index is 1.30. The summed E-state index contributed by atoms with van der Waals surface area (Å²) < 4.78 is 0. The van der Waals surface area contributed by atoms with Crippen LogP contribution in [0, 0.1) is 0 Å². The quantitative estimate of drug-likeness (QED) is 0.205. The Kier molecular flexibility index (Phi) is 8.17. The SMILES string of the molecule is CCCN(CC)c1ccc(NC(=O)c2ccc(CN(Cc3ncc[nH]3)c3ccnc4ccccc34)cc2)cc1. The summed E-state index contributed by atoms with van der Waals surface area (Å²) in [5.74, 6) is 0.762. The average molecular weight is 519 g/mol. The number of carbonyl (C=O) groups is 1. The fraction of sp³-hybridized carbons (Fsp3) is 0.219. The number of fused-ring (bicyclic) bond motifs is 1. The highest BCUT2D eigenvalue weighted by molar-refractivity contribution is 6.04. The van der Waals surface area contributed by atoms with Crippen LogP contribution >= 0.6 is 0 Å². The lowest BCUT2D eigenvalue weighted by atomic mass is 10.1. The lowest BCUT2D eigenvalue weighted by molar-refractivity contribution is 0.102. The molecule has 0 radical (unpaired) electrons. The van der Waals surface area contributed by atoms with Gasteiger partial charge in [-0.05, 0) is 67.4 Å². The van der Waals surface area contributed by atoms with Crippen molar-refractivity contribution >= 4 is 33.9 Å². The zero-order chi connectivity index (χ0) is 27.0. The number of aromatic nitrogens is 3. The summed E-state index contributed by atoms with van der Waals surface area (Å²) in [6, 6.07) is 26.0. The molecule has 3 aromatic carbocycles. The van der Waals surface area contributed by atoms with Crippen LogP contribution in [0.1, 0.15) is 42.0 Å². The molecule has 0 saturated heterocycles. The second kappa shape index (κ2) is 12.3. The van der Waals surface area contributed by atoms with E-state index in [9.17, 15) is 4.79 Å². The van der Waals surface area contributed by atoms with Crippen LogP contribution in [0.15, 0.2) is 97.5 Å². The number of nitrogens with one attached hydrogen (secondary N) is 2. The maximum absolute atomic E-state index is 13.0. The Morgan fingerprint density at radius 2 is 1.64 bits per heavy atom. The normalized spacial score (nSPS) is 10.9. The summed E-state index contributed by atoms with van der Waals surface area (Å²) in [7, 11) is 0. The van der Waals surface area contributed by atoms with E-state index in [1.165, 1.54) is 5.69 Å². The van der Waals surface area contributed by atoms with E-state index in [2.05, 4.69) is 62.1 Å². The fourth-order valence-corrected chi connectivity index (χ4v) is 4.83. The van der Waals surface area contributed by atoms with Gasteiger partial charge in [-0.25, -0.2) is 4.98 Å². The van der Waals surface area contributed by atoms with Crippen molar-refractivity contribution in [3.63, 3.8) is 0 Å². The number of aromatic amines is 1. The smallest absolute Gasteiger partial charge is 0.255 e. The second-order valence-corrected chi connectivity index (χ2v) is 9.52. The van der Waals surface area contributed by atoms with Gasteiger partial charge in [0.1, 0.15) is 5.82 Å². The first-order chi connectivity index (χ1) is 19.1. The Morgan fingerprint density at radius 3 is 2.36 bits per heavy atom. The molecule has 0 aliphatic heterocycles. The third-order valence-corrected chi connectivity index (χ3v) is 6.82. The molecule has 7 nitrogen and oxygen atoms in total. The summed E-state index contributed by atoms with van der Waals surface area (Å²) >= 11 is 0. The summed E-state index contributed by atoms with van der Waals surface area (Å²) in [4.78, 5) is 29.7. The fourth-order valence-electron chi connectivity index (χ4n) is 4.83. The molecule has 2 aromatic heterocycles. The Hall–Kier alpha value is -4.65. The molecule has 0 bridgehead atoms. The van der Waals surface area contributed by atoms with E-state index in [-0.39, 0.29) is 5.91 Å². The van der Waals surface area contributed by atoms with E-state index in [1.54, 1.807) is 6.20 Å². The van der Waals surface area contributed by atoms with Crippen molar-refractivity contribution in [1.82, 2.24) is 15.0 Å². The molecule has 0 spiro atoms. The van der Waals surface area contributed by atoms with Crippen LogP contribution in [0.2, 0.25) is 0 Å². The number of nitrogens with zero attached hydrogens (tertiary/aromatic N) is 4. The van der Waals surface area contributed by atoms with E-state index in [4.69, 9.17) is 0 Å². The molecule has 5 rings (SSSR count). The van der Waals surface area contributed by atoms with Crippen molar-refractivity contribution in [2.24, 2.45) is 0 Å². The van der Waals surface area contributed by atoms with Gasteiger partial charge < -0.3 is 20.1 Å². The molecule has 0 unspecified atom stereocenters. The first kappa shape index (κ1) is 26.0. The van der Waals surface area contributed by atoms with E-state index >= 15 is 0 Å². The van der Waals surface area contributed by atoms with Gasteiger partial charge in [0, 0.05) is 66.2 Å². The van der Waals surface area contributed by atoms with Gasteiger partial charge in [-0.1, -0.05) is 37.3 Å². The largest absolute Gasteiger partial charge is 0.372 e. The Labute approximate surface area is 229 Å². The molecule has 0 atom stereocenters. The van der Waals surface area contributed by atoms with Crippen molar-refractivity contribution in [2.45, 2.75) is 33.4 Å². The van der Waals surface area contributed by atoms with Gasteiger partial charge in [-0.15, -0.1) is 0 Å². The topological polar surface area (TPSA) is 77.2 Å². The number of imidazole rings is 1. The molecular weight excluding hydrogens is 484 g/mol. The summed E-state index contributed by atoms with van der Waals surface area (Å²) in [6.07, 6.45) is 6.55. The van der Waals surface area contributed by atoms with E-state index in [0.29, 0.717) is 18.7 Å². The number of pyridine rings is 1. The summed E-state index contributed by atoms with van der Waals surface area (Å²) in [5.41, 5.74) is 5.71. The molecule has 198 valence electrons. The van der Waals surface area contributed by atoms with Crippen molar-refractivity contribution < 1.29 is 4.79 Å². The first-order valence-corrected chi connectivity index (χ1v) is 13.5. The zero-order valence-electron chi connectivity index (χ0n) is 22.5. The minimum Gasteiger partial charge on any atom is -0.372 e. The van der Waals surface area contributed by atoms with Crippen LogP contribution in [-0.4, -0.2) is 33.9 Å². The maximum Gasteiger partial charge on any atom is 0.255 e. The molecule has 0 aliphatic rings. The van der Waals surface area contributed by atoms with Crippen molar-refractivity contribution in [3.05, 3.63) is 114 Å². The maximum atomic E-state index is 13.0. The van der Waals surface area contributed by atoms with Gasteiger partial charge in [0.15, 0.2) is 0 Å². The highest BCUT2D eigenvalue weighted by Gasteiger charge is 2.14. The predicted molar refractivity (Wildman–Crippen MR) is 159 cm³/mol. The van der Waals surface area contributed by atoms with Crippen molar-refractivity contribution in [2.75, 3.05) is 28.2 Å². The van der Waals surface area contributed by atoms with Crippen LogP contribution in [0.3, 0.4) is 0 Å². The third-order valence-electron chi connectivity index (χ3n) is 6.82. The van der Waals surface area contributed by atoms with E-state index in [1.807, 2.05) is 73.1 Å². The van der Waals surface area contributed by atoms with Gasteiger partial charge >= 0.3 is 0 Å². The van der Waals surface area contributed by atoms with Crippen molar-refractivity contribution in [3.8, 4) is 0 Å². The number of benzene rings is 3. The molecule has 5 aromatic rings. The first-order valence-electron chi connectivity index (χ1n) is 13.5. The highest BCUT2D eigenvalue weighted by Crippen LogP contribution is 2.28. The van der Waals surface area contributed by atoms with Crippen LogP contribution < -0.4 is 15.1 Å². The monoisotopic (exact) mass is 518 g/mol. The van der Waals surface area contributed by atoms with Gasteiger partial charge in [-0.2, -0.15) is 0 Å². The lowest BCUT2D eigenvalue weighted by Crippen LogP contribution is -2.23. The Bertz CT molecular complexity index is 1490. The number of para-hydroxylation sites is 1. The number of hydrogen-bond acceptors (Lipinski definition) is 5. The van der Waals surface area contributed by atoms with E-state index in [0.717, 1.165) is 53.2 Å². The second-order valence-electron chi connectivity index (χ2n) is 9.52. The molecular formula is C32H34N6O. The van der Waals surface area contributed by atoms with E-state index < -0.39 is 0 Å². The molecule has 0 aliphatic carbocycles. The van der Waals surface area contributed by atoms with Crippen LogP contribution in [0.4, 0.5) is 17.1 Å². The number of carbonyl (C=O) groups excluding carboxylic acids is 1. The summed E-state index contributed by atoms with van der Waals surface area (Å²) in [5, 5.41) is 4.11. The van der Waals surface area contributed by atoms with Crippen LogP contribution in [-0.2, 0) is 13.1 Å². The predicted octanol–water partition coefficient (Wildman–Crippen LogP) is 6.65. The number of amides is 1. The molecule has 1 amide bonds. The van der Waals surface area contributed by atoms with Crippen molar-refractivity contribution in [1.29, 1.82) is 0 Å². The van der Waals surface area contributed by atoms with Gasteiger partial charge in [0.05, 0.1) is 12.1 Å². The molecule has 0 saturated carbocycles. The standard InChI is InChI=1S/C32H34N6O/c1-3-21-37(4-2)27-15-13-26(14-16-27)36-32(39)25-11-9-24(10-12-25)22-38(23-31-34-19-20-35-31)30-17-18-33-29-8-6-5-7-28(29)30/h5-20H,3-4,21-23H2,1-2H3,(H,34,35)(H,36,39). The van der Waals surface area contributed by atoms with Crippen LogP contribution in [0.5, 0.6) is 0 Å². The summed E-state index contributed by atoms with van der Waals surface area (Å²) in [6.45, 7) is 7.59. The minimum absolute atomic E-state index is 0.122. The molecule has 39 heavy (non-hydrogen) atoms. The lowest BCUT2D eigenvalue weighted by Gasteiger charge is -2.25. The molecule has 0 fully saturated rings. The molecule has 7 heteroatoms. The molecule has 2 N–H and O–H groups in total.